The van der Waals surface area contributed by atoms with Crippen molar-refractivity contribution in [2.45, 2.75) is 4.90 Å². The molecule has 0 aliphatic rings. The van der Waals surface area contributed by atoms with Gasteiger partial charge in [0.2, 0.25) is 0 Å². The van der Waals surface area contributed by atoms with Crippen LogP contribution in [0.15, 0.2) is 100 Å². The van der Waals surface area contributed by atoms with Gasteiger partial charge in [0.15, 0.2) is 0 Å². The van der Waals surface area contributed by atoms with Crippen LogP contribution in [0.4, 0.5) is 17.1 Å². The van der Waals surface area contributed by atoms with Crippen LogP contribution >= 0.6 is 0 Å². The second-order valence-corrected chi connectivity index (χ2v) is 6.56. The summed E-state index contributed by atoms with van der Waals surface area (Å²) >= 11 is 0. The summed E-state index contributed by atoms with van der Waals surface area (Å²) in [4.78, 5) is -0.186. The summed E-state index contributed by atoms with van der Waals surface area (Å²) in [6.07, 6.45) is 0. The molecule has 0 saturated heterocycles. The quantitative estimate of drug-likeness (QED) is 0.407. The number of para-hydroxylation sites is 2. The van der Waals surface area contributed by atoms with Gasteiger partial charge in [-0.3, -0.25) is 4.55 Å². The van der Waals surface area contributed by atoms with Crippen molar-refractivity contribution < 1.29 is 13.0 Å². The van der Waals surface area contributed by atoms with Gasteiger partial charge < -0.3 is 0 Å². The minimum Gasteiger partial charge on any atom is -0.282 e. The van der Waals surface area contributed by atoms with E-state index in [4.69, 9.17) is 4.55 Å². The lowest BCUT2D eigenvalue weighted by Crippen LogP contribution is -2.07. The van der Waals surface area contributed by atoms with E-state index in [2.05, 4.69) is 10.3 Å². The van der Waals surface area contributed by atoms with Crippen molar-refractivity contribution >= 4 is 27.2 Å². The summed E-state index contributed by atoms with van der Waals surface area (Å²) in [5.74, 6) is 0. The summed E-state index contributed by atoms with van der Waals surface area (Å²) in [5.41, 5.74) is 2.14. The molecule has 0 spiro atoms. The molecule has 0 heterocycles. The fraction of sp³-hybridized carbons (Fsp3) is 0. The van der Waals surface area contributed by atoms with E-state index in [9.17, 15) is 8.42 Å². The first-order valence-corrected chi connectivity index (χ1v) is 8.87. The van der Waals surface area contributed by atoms with Crippen molar-refractivity contribution in [2.75, 3.05) is 5.01 Å². The maximum Gasteiger partial charge on any atom is 0.294 e. The van der Waals surface area contributed by atoms with Gasteiger partial charge in [0.1, 0.15) is 0 Å². The predicted molar refractivity (Wildman–Crippen MR) is 95.8 cm³/mol. The zero-order chi connectivity index (χ0) is 17.7. The molecule has 1 N–H and O–H groups in total. The third-order valence-electron chi connectivity index (χ3n) is 3.39. The molecule has 0 atom stereocenters. The van der Waals surface area contributed by atoms with Gasteiger partial charge >= 0.3 is 0 Å². The molecule has 7 heteroatoms. The first kappa shape index (κ1) is 16.8. The molecular formula is C18H15N3O3S. The lowest BCUT2D eigenvalue weighted by molar-refractivity contribution is 0.483. The average molecular weight is 353 g/mol. The summed E-state index contributed by atoms with van der Waals surface area (Å²) < 4.78 is 31.2. The van der Waals surface area contributed by atoms with Gasteiger partial charge in [-0.1, -0.05) is 41.6 Å². The summed E-state index contributed by atoms with van der Waals surface area (Å²) in [7, 11) is -4.22. The number of hydrogen-bond donors (Lipinski definition) is 1. The lowest BCUT2D eigenvalue weighted by Gasteiger charge is -2.17. The molecule has 6 nitrogen and oxygen atoms in total. The zero-order valence-corrected chi connectivity index (χ0v) is 13.9. The van der Waals surface area contributed by atoms with Gasteiger partial charge in [-0.25, -0.2) is 5.01 Å². The molecule has 3 aromatic carbocycles. The Labute approximate surface area is 145 Å². The van der Waals surface area contributed by atoms with Crippen LogP contribution in [0.25, 0.3) is 0 Å². The van der Waals surface area contributed by atoms with Crippen molar-refractivity contribution in [1.82, 2.24) is 0 Å². The highest BCUT2D eigenvalue weighted by Crippen LogP contribution is 2.27. The van der Waals surface area contributed by atoms with Crippen LogP contribution in [0.2, 0.25) is 0 Å². The Balaban J connectivity index is 1.92. The number of hydrogen-bond acceptors (Lipinski definition) is 4. The molecule has 25 heavy (non-hydrogen) atoms. The van der Waals surface area contributed by atoms with E-state index in [0.717, 1.165) is 11.4 Å². The van der Waals surface area contributed by atoms with E-state index >= 15 is 0 Å². The normalized spacial score (nSPS) is 11.6. The van der Waals surface area contributed by atoms with Crippen LogP contribution in [-0.2, 0) is 10.1 Å². The Kier molecular flexibility index (Phi) is 4.87. The first-order chi connectivity index (χ1) is 12.0. The van der Waals surface area contributed by atoms with Crippen LogP contribution in [0.3, 0.4) is 0 Å². The monoisotopic (exact) mass is 353 g/mol. The molecule has 3 rings (SSSR count). The van der Waals surface area contributed by atoms with Crippen LogP contribution in [0, 0.1) is 0 Å². The van der Waals surface area contributed by atoms with E-state index in [1.165, 1.54) is 24.3 Å². The Morgan fingerprint density at radius 2 is 1.20 bits per heavy atom. The van der Waals surface area contributed by atoms with Crippen LogP contribution in [0.1, 0.15) is 0 Å². The van der Waals surface area contributed by atoms with Crippen LogP contribution in [0.5, 0.6) is 0 Å². The maximum absolute atomic E-state index is 11.1. The number of anilines is 2. The van der Waals surface area contributed by atoms with E-state index in [-0.39, 0.29) is 4.90 Å². The second kappa shape index (κ2) is 7.25. The highest BCUT2D eigenvalue weighted by molar-refractivity contribution is 7.85. The summed E-state index contributed by atoms with van der Waals surface area (Å²) in [6, 6.07) is 24.6. The van der Waals surface area contributed by atoms with Gasteiger partial charge in [0, 0.05) is 0 Å². The van der Waals surface area contributed by atoms with Crippen LogP contribution < -0.4 is 5.01 Å². The highest BCUT2D eigenvalue weighted by atomic mass is 32.2. The molecular weight excluding hydrogens is 338 g/mol. The first-order valence-electron chi connectivity index (χ1n) is 7.43. The SMILES string of the molecule is O=S(=O)(O)c1ccc(/N=N/N(c2ccccc2)c2ccccc2)cc1. The summed E-state index contributed by atoms with van der Waals surface area (Å²) in [6.45, 7) is 0. The van der Waals surface area contributed by atoms with Gasteiger partial charge in [-0.2, -0.15) is 8.42 Å². The van der Waals surface area contributed by atoms with Crippen molar-refractivity contribution in [1.29, 1.82) is 0 Å². The third-order valence-corrected chi connectivity index (χ3v) is 4.25. The highest BCUT2D eigenvalue weighted by Gasteiger charge is 2.09. The number of rotatable bonds is 5. The van der Waals surface area contributed by atoms with Gasteiger partial charge in [0.25, 0.3) is 10.1 Å². The standard InChI is InChI=1S/C18H15N3O3S/c22-25(23,24)18-13-11-15(12-14-18)19-20-21(16-7-3-1-4-8-16)17-9-5-2-6-10-17/h1-14H,(H,22,23,24)/b20-19+. The number of nitrogens with zero attached hydrogens (tertiary/aromatic N) is 3. The van der Waals surface area contributed by atoms with Gasteiger partial charge in [0.05, 0.1) is 22.0 Å². The smallest absolute Gasteiger partial charge is 0.282 e. The largest absolute Gasteiger partial charge is 0.294 e. The van der Waals surface area contributed by atoms with Gasteiger partial charge in [-0.15, -0.1) is 5.11 Å². The van der Waals surface area contributed by atoms with E-state index in [1.54, 1.807) is 5.01 Å². The molecule has 0 aromatic heterocycles. The molecule has 126 valence electrons. The Hall–Kier alpha value is -3.03. The zero-order valence-electron chi connectivity index (χ0n) is 13.1. The third kappa shape index (κ3) is 4.28. The van der Waals surface area contributed by atoms with E-state index in [1.807, 2.05) is 60.7 Å². The molecule has 0 bridgehead atoms. The average Bonchev–Trinajstić information content (AvgIpc) is 2.63. The fourth-order valence-corrected chi connectivity index (χ4v) is 2.65. The molecule has 0 aliphatic carbocycles. The van der Waals surface area contributed by atoms with E-state index < -0.39 is 10.1 Å². The molecule has 0 aliphatic heterocycles. The molecule has 3 aromatic rings. The van der Waals surface area contributed by atoms with Crippen molar-refractivity contribution in [3.8, 4) is 0 Å². The fourth-order valence-electron chi connectivity index (χ4n) is 2.17. The Bertz CT molecular complexity index is 918. The van der Waals surface area contributed by atoms with E-state index in [0.29, 0.717) is 5.69 Å². The lowest BCUT2D eigenvalue weighted by atomic mass is 10.2. The van der Waals surface area contributed by atoms with Gasteiger partial charge in [-0.05, 0) is 48.5 Å². The topological polar surface area (TPSA) is 82.3 Å². The minimum absolute atomic E-state index is 0.186. The summed E-state index contributed by atoms with van der Waals surface area (Å²) in [5, 5.41) is 10.1. The Morgan fingerprint density at radius 3 is 1.64 bits per heavy atom. The molecule has 0 fully saturated rings. The van der Waals surface area contributed by atoms with Crippen molar-refractivity contribution in [2.24, 2.45) is 10.3 Å². The van der Waals surface area contributed by atoms with Crippen molar-refractivity contribution in [3.63, 3.8) is 0 Å². The molecule has 0 radical (unpaired) electrons. The molecule has 0 saturated carbocycles. The minimum atomic E-state index is -4.22. The predicted octanol–water partition coefficient (Wildman–Crippen LogP) is 4.77. The molecule has 0 amide bonds. The molecule has 0 unspecified atom stereocenters. The van der Waals surface area contributed by atoms with Crippen LogP contribution in [-0.4, -0.2) is 13.0 Å². The maximum atomic E-state index is 11.1. The van der Waals surface area contributed by atoms with Crippen molar-refractivity contribution in [3.05, 3.63) is 84.9 Å². The number of benzene rings is 3. The Morgan fingerprint density at radius 1 is 0.720 bits per heavy atom. The second-order valence-electron chi connectivity index (χ2n) is 5.14.